The van der Waals surface area contributed by atoms with Gasteiger partial charge >= 0.3 is 0 Å². The standard InChI is InChI=1S/C21H25Cl2N3O/c22-18-7-6-16(20(23)24-18)21(27)26-9-3-4-13-10-14-11-15(19(13)26)12-25-8-2-1-5-17(14)25/h6-7,10,14-15,17,19H,1-5,8-9,11-12H2/t14-,15-,17-,19-/m0/s1. The van der Waals surface area contributed by atoms with Crippen LogP contribution in [0, 0.1) is 11.8 Å². The Morgan fingerprint density at radius 1 is 1.15 bits per heavy atom. The molecule has 0 unspecified atom stereocenters. The van der Waals surface area contributed by atoms with E-state index in [1.54, 1.807) is 12.1 Å². The topological polar surface area (TPSA) is 36.4 Å². The SMILES string of the molecule is O=C(c1ccc(Cl)nc1Cl)N1CCCC2=C[C@H]3C[C@@H](CN4CCCC[C@@H]34)[C@H]21. The summed E-state index contributed by atoms with van der Waals surface area (Å²) in [5.74, 6) is 1.21. The van der Waals surface area contributed by atoms with Crippen molar-refractivity contribution in [3.05, 3.63) is 39.7 Å². The highest BCUT2D eigenvalue weighted by atomic mass is 35.5. The van der Waals surface area contributed by atoms with Gasteiger partial charge in [-0.25, -0.2) is 4.98 Å². The highest BCUT2D eigenvalue weighted by Crippen LogP contribution is 2.45. The second-order valence-electron chi connectivity index (χ2n) is 8.48. The molecular weight excluding hydrogens is 381 g/mol. The predicted octanol–water partition coefficient (Wildman–Crippen LogP) is 4.42. The molecule has 3 aliphatic heterocycles. The van der Waals surface area contributed by atoms with Gasteiger partial charge in [-0.05, 0) is 62.6 Å². The molecular formula is C21H25Cl2N3O. The molecule has 5 rings (SSSR count). The van der Waals surface area contributed by atoms with Crippen LogP contribution in [-0.2, 0) is 0 Å². The van der Waals surface area contributed by atoms with Crippen molar-refractivity contribution < 1.29 is 4.79 Å². The molecule has 1 aromatic heterocycles. The summed E-state index contributed by atoms with van der Waals surface area (Å²) in [7, 11) is 0. The number of amides is 1. The van der Waals surface area contributed by atoms with E-state index in [1.165, 1.54) is 37.8 Å². The molecule has 4 heterocycles. The van der Waals surface area contributed by atoms with E-state index in [2.05, 4.69) is 20.9 Å². The van der Waals surface area contributed by atoms with Crippen LogP contribution in [0.3, 0.4) is 0 Å². The number of nitrogens with zero attached hydrogens (tertiary/aromatic N) is 3. The number of likely N-dealkylation sites (tertiary alicyclic amines) is 1. The van der Waals surface area contributed by atoms with Gasteiger partial charge in [0.25, 0.3) is 5.91 Å². The molecule has 4 nitrogen and oxygen atoms in total. The summed E-state index contributed by atoms with van der Waals surface area (Å²) in [6.45, 7) is 3.14. The van der Waals surface area contributed by atoms with Crippen LogP contribution in [0.5, 0.6) is 0 Å². The van der Waals surface area contributed by atoms with E-state index in [9.17, 15) is 4.79 Å². The van der Waals surface area contributed by atoms with Crippen LogP contribution >= 0.6 is 23.2 Å². The minimum absolute atomic E-state index is 0.000940. The summed E-state index contributed by atoms with van der Waals surface area (Å²) in [6.07, 6.45) is 9.91. The quantitative estimate of drug-likeness (QED) is 0.512. The van der Waals surface area contributed by atoms with Crippen molar-refractivity contribution in [2.75, 3.05) is 19.6 Å². The minimum Gasteiger partial charge on any atom is -0.332 e. The molecule has 0 saturated carbocycles. The molecule has 1 aliphatic carbocycles. The summed E-state index contributed by atoms with van der Waals surface area (Å²) < 4.78 is 0. The van der Waals surface area contributed by atoms with Gasteiger partial charge in [0.15, 0.2) is 0 Å². The van der Waals surface area contributed by atoms with Gasteiger partial charge in [-0.1, -0.05) is 41.3 Å². The van der Waals surface area contributed by atoms with Crippen molar-refractivity contribution in [2.24, 2.45) is 11.8 Å². The summed E-state index contributed by atoms with van der Waals surface area (Å²) in [4.78, 5) is 22.2. The molecule has 0 aromatic carbocycles. The first-order valence-electron chi connectivity index (χ1n) is 10.2. The molecule has 1 amide bonds. The molecule has 0 radical (unpaired) electrons. The lowest BCUT2D eigenvalue weighted by Crippen LogP contribution is -2.60. The number of hydrogen-bond donors (Lipinski definition) is 0. The van der Waals surface area contributed by atoms with E-state index in [4.69, 9.17) is 23.2 Å². The first kappa shape index (κ1) is 18.0. The molecule has 3 saturated heterocycles. The number of carbonyl (C=O) groups excluding carboxylic acids is 1. The average molecular weight is 406 g/mol. The van der Waals surface area contributed by atoms with Gasteiger partial charge in [-0.3, -0.25) is 9.69 Å². The van der Waals surface area contributed by atoms with Crippen LogP contribution in [0.25, 0.3) is 0 Å². The van der Waals surface area contributed by atoms with E-state index in [1.807, 2.05) is 0 Å². The van der Waals surface area contributed by atoms with Crippen molar-refractivity contribution in [1.29, 1.82) is 0 Å². The zero-order valence-corrected chi connectivity index (χ0v) is 16.9. The van der Waals surface area contributed by atoms with Crippen molar-refractivity contribution in [1.82, 2.24) is 14.8 Å². The number of aromatic nitrogens is 1. The Balaban J connectivity index is 1.47. The van der Waals surface area contributed by atoms with E-state index >= 15 is 0 Å². The highest BCUT2D eigenvalue weighted by molar-refractivity contribution is 6.34. The Labute approximate surface area is 170 Å². The summed E-state index contributed by atoms with van der Waals surface area (Å²) in [5, 5.41) is 0.525. The third-order valence-corrected chi connectivity index (χ3v) is 7.46. The van der Waals surface area contributed by atoms with Crippen LogP contribution in [0.15, 0.2) is 23.8 Å². The fourth-order valence-corrected chi connectivity index (χ4v) is 6.35. The molecule has 3 fully saturated rings. The van der Waals surface area contributed by atoms with Crippen molar-refractivity contribution in [3.8, 4) is 0 Å². The maximum Gasteiger partial charge on any atom is 0.257 e. The Morgan fingerprint density at radius 3 is 2.89 bits per heavy atom. The van der Waals surface area contributed by atoms with Crippen molar-refractivity contribution in [3.63, 3.8) is 0 Å². The van der Waals surface area contributed by atoms with Crippen LogP contribution in [0.4, 0.5) is 0 Å². The number of piperidine rings is 3. The van der Waals surface area contributed by atoms with Crippen LogP contribution < -0.4 is 0 Å². The number of pyridine rings is 1. The van der Waals surface area contributed by atoms with Crippen molar-refractivity contribution >= 4 is 29.1 Å². The Bertz CT molecular complexity index is 796. The maximum absolute atomic E-state index is 13.3. The van der Waals surface area contributed by atoms with Gasteiger partial charge in [-0.2, -0.15) is 0 Å². The number of hydrogen-bond acceptors (Lipinski definition) is 3. The van der Waals surface area contributed by atoms with Gasteiger partial charge in [0, 0.05) is 19.1 Å². The maximum atomic E-state index is 13.3. The smallest absolute Gasteiger partial charge is 0.257 e. The van der Waals surface area contributed by atoms with Crippen molar-refractivity contribution in [2.45, 2.75) is 50.6 Å². The largest absolute Gasteiger partial charge is 0.332 e. The number of fused-ring (bicyclic) bond motifs is 6. The second-order valence-corrected chi connectivity index (χ2v) is 9.22. The van der Waals surface area contributed by atoms with E-state index in [-0.39, 0.29) is 17.1 Å². The predicted molar refractivity (Wildman–Crippen MR) is 107 cm³/mol. The Hall–Kier alpha value is -1.10. The van der Waals surface area contributed by atoms with Gasteiger partial charge < -0.3 is 4.90 Å². The Kier molecular flexibility index (Phi) is 4.69. The minimum atomic E-state index is -0.000940. The summed E-state index contributed by atoms with van der Waals surface area (Å²) >= 11 is 12.2. The lowest BCUT2D eigenvalue weighted by Gasteiger charge is -2.54. The van der Waals surface area contributed by atoms with Crippen LogP contribution in [-0.4, -0.2) is 52.4 Å². The van der Waals surface area contributed by atoms with E-state index in [0.29, 0.717) is 22.6 Å². The lowest BCUT2D eigenvalue weighted by atomic mass is 9.68. The van der Waals surface area contributed by atoms with Gasteiger partial charge in [0.1, 0.15) is 10.3 Å². The fourth-order valence-electron chi connectivity index (χ4n) is 5.93. The molecule has 144 valence electrons. The van der Waals surface area contributed by atoms with Gasteiger partial charge in [0.05, 0.1) is 11.6 Å². The molecule has 4 aliphatic rings. The first-order valence-corrected chi connectivity index (χ1v) is 10.9. The zero-order chi connectivity index (χ0) is 18.5. The molecule has 27 heavy (non-hydrogen) atoms. The van der Waals surface area contributed by atoms with Gasteiger partial charge in [-0.15, -0.1) is 0 Å². The third-order valence-electron chi connectivity index (χ3n) is 6.96. The monoisotopic (exact) mass is 405 g/mol. The molecule has 2 bridgehead atoms. The number of rotatable bonds is 1. The molecule has 0 spiro atoms. The molecule has 4 atom stereocenters. The molecule has 0 N–H and O–H groups in total. The normalized spacial score (nSPS) is 33.1. The second kappa shape index (κ2) is 7.06. The molecule has 1 aromatic rings. The number of carbonyl (C=O) groups is 1. The first-order chi connectivity index (χ1) is 13.1. The summed E-state index contributed by atoms with van der Waals surface area (Å²) in [6, 6.07) is 4.31. The van der Waals surface area contributed by atoms with Crippen LogP contribution in [0.2, 0.25) is 10.3 Å². The van der Waals surface area contributed by atoms with E-state index < -0.39 is 0 Å². The van der Waals surface area contributed by atoms with Crippen LogP contribution in [0.1, 0.15) is 48.9 Å². The number of halogens is 2. The zero-order valence-electron chi connectivity index (χ0n) is 15.4. The Morgan fingerprint density at radius 2 is 2.04 bits per heavy atom. The molecule has 6 heteroatoms. The fraction of sp³-hybridized carbons (Fsp3) is 0.619. The third kappa shape index (κ3) is 3.10. The van der Waals surface area contributed by atoms with E-state index in [0.717, 1.165) is 32.0 Å². The summed E-state index contributed by atoms with van der Waals surface area (Å²) in [5.41, 5.74) is 1.95. The average Bonchev–Trinajstić information content (AvgIpc) is 2.67. The highest BCUT2D eigenvalue weighted by Gasteiger charge is 2.47. The lowest BCUT2D eigenvalue weighted by molar-refractivity contribution is 0.00147. The van der Waals surface area contributed by atoms with Gasteiger partial charge in [0.2, 0.25) is 0 Å².